The number of ether oxygens (including phenoxy) is 3. The Bertz CT molecular complexity index is 1060. The molecule has 1 amide bonds. The summed E-state index contributed by atoms with van der Waals surface area (Å²) in [6.07, 6.45) is 4.10. The van der Waals surface area contributed by atoms with Crippen LogP contribution >= 0.6 is 0 Å². The highest BCUT2D eigenvalue weighted by Crippen LogP contribution is 2.35. The third-order valence-electron chi connectivity index (χ3n) is 5.21. The monoisotopic (exact) mass is 391 g/mol. The normalized spacial score (nSPS) is 14.3. The molecule has 0 atom stereocenters. The van der Waals surface area contributed by atoms with Crippen LogP contribution in [0.4, 0.5) is 5.69 Å². The number of nitrogens with zero attached hydrogens (tertiary/aromatic N) is 1. The van der Waals surface area contributed by atoms with Crippen molar-refractivity contribution in [3.8, 4) is 17.2 Å². The van der Waals surface area contributed by atoms with Gasteiger partial charge in [-0.05, 0) is 55.5 Å². The van der Waals surface area contributed by atoms with Gasteiger partial charge < -0.3 is 19.5 Å². The fourth-order valence-electron chi connectivity index (χ4n) is 3.73. The van der Waals surface area contributed by atoms with Gasteiger partial charge in [-0.25, -0.2) is 0 Å². The van der Waals surface area contributed by atoms with Crippen LogP contribution in [0.2, 0.25) is 0 Å². The number of amides is 1. The third kappa shape index (κ3) is 3.63. The number of fused-ring (bicyclic) bond motifs is 2. The van der Waals surface area contributed by atoms with E-state index in [2.05, 4.69) is 15.5 Å². The van der Waals surface area contributed by atoms with Crippen molar-refractivity contribution in [1.29, 1.82) is 0 Å². The van der Waals surface area contributed by atoms with Crippen LogP contribution in [0.25, 0.3) is 0 Å². The van der Waals surface area contributed by atoms with Gasteiger partial charge in [0, 0.05) is 23.0 Å². The Labute approximate surface area is 168 Å². The lowest BCUT2D eigenvalue weighted by atomic mass is 9.96. The Hall–Kier alpha value is -3.48. The number of carbonyl (C=O) groups excluding carboxylic acids is 1. The molecular weight excluding hydrogens is 370 g/mol. The minimum Gasteiger partial charge on any atom is -0.489 e. The fourth-order valence-corrected chi connectivity index (χ4v) is 3.73. The van der Waals surface area contributed by atoms with Gasteiger partial charge in [0.15, 0.2) is 17.2 Å². The Kier molecular flexibility index (Phi) is 4.56. The van der Waals surface area contributed by atoms with Crippen LogP contribution in [-0.2, 0) is 19.4 Å². The Morgan fingerprint density at radius 2 is 2.00 bits per heavy atom. The molecule has 1 aliphatic heterocycles. The highest BCUT2D eigenvalue weighted by atomic mass is 16.7. The largest absolute Gasteiger partial charge is 0.489 e. The predicted octanol–water partition coefficient (Wildman–Crippen LogP) is 3.85. The molecule has 3 aromatic rings. The Morgan fingerprint density at radius 1 is 1.10 bits per heavy atom. The Morgan fingerprint density at radius 3 is 2.97 bits per heavy atom. The fraction of sp³-hybridized carbons (Fsp3) is 0.273. The zero-order valence-electron chi connectivity index (χ0n) is 15.9. The van der Waals surface area contributed by atoms with Crippen molar-refractivity contribution in [2.75, 3.05) is 12.1 Å². The zero-order chi connectivity index (χ0) is 19.6. The highest BCUT2D eigenvalue weighted by Gasteiger charge is 2.21. The summed E-state index contributed by atoms with van der Waals surface area (Å²) < 4.78 is 16.5. The first-order chi connectivity index (χ1) is 14.3. The maximum absolute atomic E-state index is 12.7. The number of hydrogen-bond acceptors (Lipinski definition) is 5. The molecule has 148 valence electrons. The van der Waals surface area contributed by atoms with Crippen molar-refractivity contribution in [2.45, 2.75) is 32.3 Å². The van der Waals surface area contributed by atoms with E-state index in [-0.39, 0.29) is 12.7 Å². The predicted molar refractivity (Wildman–Crippen MR) is 107 cm³/mol. The SMILES string of the molecule is O=C(Nc1cccc(COc2ccc3c(c2)OCO3)c1)c1n[nH]c2c1CCCC2. The molecule has 0 radical (unpaired) electrons. The molecule has 0 unspecified atom stereocenters. The summed E-state index contributed by atoms with van der Waals surface area (Å²) in [6, 6.07) is 13.1. The summed E-state index contributed by atoms with van der Waals surface area (Å²) in [5.41, 5.74) is 4.31. The van der Waals surface area contributed by atoms with Gasteiger partial charge in [-0.1, -0.05) is 12.1 Å². The van der Waals surface area contributed by atoms with E-state index in [1.54, 1.807) is 0 Å². The van der Waals surface area contributed by atoms with E-state index in [4.69, 9.17) is 14.2 Å². The number of anilines is 1. The molecule has 2 N–H and O–H groups in total. The lowest BCUT2D eigenvalue weighted by Crippen LogP contribution is -2.15. The van der Waals surface area contributed by atoms with Gasteiger partial charge in [0.2, 0.25) is 6.79 Å². The molecular formula is C22H21N3O4. The van der Waals surface area contributed by atoms with E-state index < -0.39 is 0 Å². The second-order valence-corrected chi connectivity index (χ2v) is 7.19. The molecule has 0 fully saturated rings. The molecule has 2 aromatic carbocycles. The number of aromatic amines is 1. The average Bonchev–Trinajstić information content (AvgIpc) is 3.39. The molecule has 2 aliphatic rings. The number of aryl methyl sites for hydroxylation is 1. The molecule has 5 rings (SSSR count). The van der Waals surface area contributed by atoms with Crippen LogP contribution in [-0.4, -0.2) is 22.9 Å². The molecule has 7 nitrogen and oxygen atoms in total. The van der Waals surface area contributed by atoms with Crippen LogP contribution in [0.1, 0.15) is 40.2 Å². The van der Waals surface area contributed by atoms with Crippen molar-refractivity contribution in [2.24, 2.45) is 0 Å². The molecule has 7 heteroatoms. The molecule has 0 saturated carbocycles. The maximum Gasteiger partial charge on any atom is 0.276 e. The lowest BCUT2D eigenvalue weighted by Gasteiger charge is -2.12. The summed E-state index contributed by atoms with van der Waals surface area (Å²) in [5.74, 6) is 1.93. The summed E-state index contributed by atoms with van der Waals surface area (Å²) in [7, 11) is 0. The standard InChI is InChI=1S/C22H21N3O4/c26-22(21-17-6-1-2-7-18(17)24-25-21)23-15-5-3-4-14(10-15)12-27-16-8-9-19-20(11-16)29-13-28-19/h3-5,8-11H,1-2,6-7,12-13H2,(H,23,26)(H,24,25). The van der Waals surface area contributed by atoms with E-state index in [1.165, 1.54) is 0 Å². The van der Waals surface area contributed by atoms with Crippen LogP contribution in [0, 0.1) is 0 Å². The lowest BCUT2D eigenvalue weighted by molar-refractivity contribution is 0.102. The summed E-state index contributed by atoms with van der Waals surface area (Å²) in [5, 5.41) is 10.2. The first-order valence-corrected chi connectivity index (χ1v) is 9.75. The van der Waals surface area contributed by atoms with Crippen LogP contribution in [0.3, 0.4) is 0 Å². The molecule has 0 saturated heterocycles. The quantitative estimate of drug-likeness (QED) is 0.690. The first kappa shape index (κ1) is 17.6. The van der Waals surface area contributed by atoms with E-state index in [1.807, 2.05) is 42.5 Å². The smallest absolute Gasteiger partial charge is 0.276 e. The molecule has 0 spiro atoms. The van der Waals surface area contributed by atoms with E-state index in [9.17, 15) is 4.79 Å². The Balaban J connectivity index is 1.25. The van der Waals surface area contributed by atoms with Crippen molar-refractivity contribution in [1.82, 2.24) is 10.2 Å². The van der Waals surface area contributed by atoms with Crippen LogP contribution < -0.4 is 19.5 Å². The highest BCUT2D eigenvalue weighted by molar-refractivity contribution is 6.04. The van der Waals surface area contributed by atoms with Gasteiger partial charge in [-0.2, -0.15) is 5.10 Å². The number of aromatic nitrogens is 2. The zero-order valence-corrected chi connectivity index (χ0v) is 15.9. The number of carbonyl (C=O) groups is 1. The van der Waals surface area contributed by atoms with Gasteiger partial charge in [-0.15, -0.1) is 0 Å². The topological polar surface area (TPSA) is 85.5 Å². The molecule has 2 heterocycles. The number of nitrogens with one attached hydrogen (secondary N) is 2. The van der Waals surface area contributed by atoms with Gasteiger partial charge in [0.1, 0.15) is 12.4 Å². The minimum atomic E-state index is -0.182. The molecule has 1 aliphatic carbocycles. The maximum atomic E-state index is 12.7. The third-order valence-corrected chi connectivity index (χ3v) is 5.21. The van der Waals surface area contributed by atoms with Gasteiger partial charge in [-0.3, -0.25) is 9.89 Å². The second kappa shape index (κ2) is 7.50. The van der Waals surface area contributed by atoms with Crippen molar-refractivity contribution in [3.05, 3.63) is 65.0 Å². The van der Waals surface area contributed by atoms with E-state index >= 15 is 0 Å². The van der Waals surface area contributed by atoms with Gasteiger partial charge in [0.05, 0.1) is 0 Å². The van der Waals surface area contributed by atoms with Crippen molar-refractivity contribution in [3.63, 3.8) is 0 Å². The number of hydrogen-bond donors (Lipinski definition) is 2. The number of benzene rings is 2. The summed E-state index contributed by atoms with van der Waals surface area (Å²) >= 11 is 0. The molecule has 0 bridgehead atoms. The second-order valence-electron chi connectivity index (χ2n) is 7.19. The van der Waals surface area contributed by atoms with Crippen molar-refractivity contribution >= 4 is 11.6 Å². The first-order valence-electron chi connectivity index (χ1n) is 9.75. The summed E-state index contributed by atoms with van der Waals surface area (Å²) in [6.45, 7) is 0.612. The summed E-state index contributed by atoms with van der Waals surface area (Å²) in [4.78, 5) is 12.7. The minimum absolute atomic E-state index is 0.182. The average molecular weight is 391 g/mol. The van der Waals surface area contributed by atoms with E-state index in [0.29, 0.717) is 29.5 Å². The number of rotatable bonds is 5. The molecule has 29 heavy (non-hydrogen) atoms. The van der Waals surface area contributed by atoms with Crippen LogP contribution in [0.5, 0.6) is 17.2 Å². The van der Waals surface area contributed by atoms with Gasteiger partial charge in [0.25, 0.3) is 5.91 Å². The number of H-pyrrole nitrogens is 1. The van der Waals surface area contributed by atoms with Crippen LogP contribution in [0.15, 0.2) is 42.5 Å². The van der Waals surface area contributed by atoms with Crippen molar-refractivity contribution < 1.29 is 19.0 Å². The molecule has 1 aromatic heterocycles. The van der Waals surface area contributed by atoms with Gasteiger partial charge >= 0.3 is 0 Å². The van der Waals surface area contributed by atoms with E-state index in [0.717, 1.165) is 48.3 Å².